The molecule has 0 saturated carbocycles. The van der Waals surface area contributed by atoms with E-state index in [0.717, 1.165) is 0 Å². The van der Waals surface area contributed by atoms with Crippen LogP contribution in [0.4, 0.5) is 5.69 Å². The van der Waals surface area contributed by atoms with Gasteiger partial charge in [-0.15, -0.1) is 0 Å². The van der Waals surface area contributed by atoms with E-state index in [1.165, 1.54) is 7.11 Å². The second-order valence-electron chi connectivity index (χ2n) is 4.76. The van der Waals surface area contributed by atoms with Crippen LogP contribution in [0.5, 0.6) is 5.75 Å². The van der Waals surface area contributed by atoms with E-state index in [1.807, 2.05) is 0 Å². The first kappa shape index (κ1) is 12.4. The van der Waals surface area contributed by atoms with Crippen LogP contribution in [0.2, 0.25) is 0 Å². The summed E-state index contributed by atoms with van der Waals surface area (Å²) in [5.74, 6) is 0.0264. The van der Waals surface area contributed by atoms with Gasteiger partial charge >= 0.3 is 0 Å². The van der Waals surface area contributed by atoms with Crippen molar-refractivity contribution in [2.75, 3.05) is 12.8 Å². The monoisotopic (exact) mass is 267 g/mol. The highest BCUT2D eigenvalue weighted by Gasteiger charge is 2.33. The van der Waals surface area contributed by atoms with Crippen LogP contribution in [0.25, 0.3) is 0 Å². The van der Waals surface area contributed by atoms with Gasteiger partial charge in [-0.25, -0.2) is 0 Å². The number of hydrogen-bond donors (Lipinski definition) is 1. The van der Waals surface area contributed by atoms with Gasteiger partial charge < -0.3 is 10.5 Å². The Balaban J connectivity index is 2.39. The van der Waals surface area contributed by atoms with Gasteiger partial charge in [-0.05, 0) is 18.6 Å². The van der Waals surface area contributed by atoms with E-state index in [0.29, 0.717) is 28.0 Å². The maximum Gasteiger partial charge on any atom is 0.196 e. The van der Waals surface area contributed by atoms with Crippen molar-refractivity contribution in [3.63, 3.8) is 0 Å². The van der Waals surface area contributed by atoms with Crippen LogP contribution in [-0.4, -0.2) is 18.7 Å². The molecule has 0 amide bonds. The summed E-state index contributed by atoms with van der Waals surface area (Å²) in [6, 6.07) is 8.48. The van der Waals surface area contributed by atoms with Crippen molar-refractivity contribution in [3.8, 4) is 5.75 Å². The van der Waals surface area contributed by atoms with Crippen LogP contribution in [0.1, 0.15) is 37.4 Å². The molecule has 2 aromatic rings. The average Bonchev–Trinajstić information content (AvgIpc) is 2.46. The topological polar surface area (TPSA) is 69.4 Å². The van der Waals surface area contributed by atoms with E-state index >= 15 is 0 Å². The molecule has 0 bridgehead atoms. The van der Waals surface area contributed by atoms with Gasteiger partial charge in [0.2, 0.25) is 0 Å². The van der Waals surface area contributed by atoms with Gasteiger partial charge in [0.05, 0.1) is 18.4 Å². The highest BCUT2D eigenvalue weighted by molar-refractivity contribution is 6.30. The molecule has 0 heterocycles. The minimum absolute atomic E-state index is 0.165. The number of ketones is 2. The van der Waals surface area contributed by atoms with Gasteiger partial charge in [-0.1, -0.05) is 24.3 Å². The van der Waals surface area contributed by atoms with Crippen molar-refractivity contribution in [1.29, 1.82) is 0 Å². The normalized spacial score (nSPS) is 12.9. The van der Waals surface area contributed by atoms with Crippen LogP contribution >= 0.6 is 0 Å². The van der Waals surface area contributed by atoms with Crippen LogP contribution in [-0.2, 0) is 0 Å². The van der Waals surface area contributed by atoms with Crippen molar-refractivity contribution >= 4 is 17.3 Å². The minimum Gasteiger partial charge on any atom is -0.495 e. The molecule has 0 spiro atoms. The fourth-order valence-corrected chi connectivity index (χ4v) is 2.65. The number of rotatable bonds is 1. The SMILES string of the molecule is COc1cc(C)c2c(c1N)C(=O)c1ccccc1C2=O. The number of hydrogen-bond acceptors (Lipinski definition) is 4. The summed E-state index contributed by atoms with van der Waals surface area (Å²) in [4.78, 5) is 25.2. The zero-order valence-corrected chi connectivity index (χ0v) is 11.2. The Morgan fingerprint density at radius 1 is 1.00 bits per heavy atom. The Labute approximate surface area is 116 Å². The molecule has 0 aliphatic heterocycles. The second kappa shape index (κ2) is 4.20. The number of nitrogen functional groups attached to an aromatic ring is 1. The summed E-state index contributed by atoms with van der Waals surface area (Å²) in [5, 5.41) is 0. The molecule has 3 rings (SSSR count). The van der Waals surface area contributed by atoms with E-state index in [9.17, 15) is 9.59 Å². The van der Waals surface area contributed by atoms with Crippen molar-refractivity contribution in [2.45, 2.75) is 6.92 Å². The molecule has 20 heavy (non-hydrogen) atoms. The summed E-state index contributed by atoms with van der Waals surface area (Å²) in [6.45, 7) is 1.78. The molecule has 1 aliphatic rings. The molecule has 4 heteroatoms. The molecule has 0 unspecified atom stereocenters. The number of nitrogens with two attached hydrogens (primary N) is 1. The van der Waals surface area contributed by atoms with E-state index in [1.54, 1.807) is 37.3 Å². The zero-order valence-electron chi connectivity index (χ0n) is 11.2. The summed E-state index contributed by atoms with van der Waals surface area (Å²) >= 11 is 0. The molecule has 4 nitrogen and oxygen atoms in total. The maximum atomic E-state index is 12.6. The number of anilines is 1. The Bertz CT molecular complexity index is 763. The third-order valence-corrected chi connectivity index (χ3v) is 3.62. The molecule has 0 atom stereocenters. The summed E-state index contributed by atoms with van der Waals surface area (Å²) in [7, 11) is 1.49. The Morgan fingerprint density at radius 2 is 1.55 bits per heavy atom. The Kier molecular flexibility index (Phi) is 2.61. The van der Waals surface area contributed by atoms with Gasteiger partial charge in [0.25, 0.3) is 0 Å². The number of ether oxygens (including phenoxy) is 1. The molecule has 0 fully saturated rings. The minimum atomic E-state index is -0.227. The molecule has 0 radical (unpaired) electrons. The first-order valence-corrected chi connectivity index (χ1v) is 6.21. The van der Waals surface area contributed by atoms with Crippen molar-refractivity contribution in [2.24, 2.45) is 0 Å². The van der Waals surface area contributed by atoms with Crippen LogP contribution in [0.3, 0.4) is 0 Å². The number of carbonyl (C=O) groups excluding carboxylic acids is 2. The zero-order chi connectivity index (χ0) is 14.4. The molecule has 2 aromatic carbocycles. The lowest BCUT2D eigenvalue weighted by Crippen LogP contribution is -2.23. The standard InChI is InChI=1S/C16H13NO3/c1-8-7-11(20-2)14(17)13-12(8)15(18)9-5-3-4-6-10(9)16(13)19/h3-7H,17H2,1-2H3. The van der Waals surface area contributed by atoms with E-state index in [4.69, 9.17) is 10.5 Å². The van der Waals surface area contributed by atoms with E-state index < -0.39 is 0 Å². The summed E-state index contributed by atoms with van der Waals surface area (Å²) in [6.07, 6.45) is 0. The quantitative estimate of drug-likeness (QED) is 0.687. The molecule has 1 aliphatic carbocycles. The fraction of sp³-hybridized carbons (Fsp3) is 0.125. The molecule has 100 valence electrons. The van der Waals surface area contributed by atoms with Crippen LogP contribution in [0.15, 0.2) is 30.3 Å². The summed E-state index contributed by atoms with van der Waals surface area (Å²) < 4.78 is 5.17. The lowest BCUT2D eigenvalue weighted by atomic mass is 9.81. The van der Waals surface area contributed by atoms with Gasteiger partial charge in [0.15, 0.2) is 11.6 Å². The maximum absolute atomic E-state index is 12.6. The van der Waals surface area contributed by atoms with Gasteiger partial charge in [0, 0.05) is 16.7 Å². The molecular formula is C16H13NO3. The molecule has 0 aromatic heterocycles. The van der Waals surface area contributed by atoms with Gasteiger partial charge in [-0.2, -0.15) is 0 Å². The molecular weight excluding hydrogens is 254 g/mol. The van der Waals surface area contributed by atoms with Gasteiger partial charge in [0.1, 0.15) is 5.75 Å². The Morgan fingerprint density at radius 3 is 2.10 bits per heavy atom. The van der Waals surface area contributed by atoms with E-state index in [-0.39, 0.29) is 22.8 Å². The van der Waals surface area contributed by atoms with Crippen molar-refractivity contribution < 1.29 is 14.3 Å². The number of aryl methyl sites for hydroxylation is 1. The highest BCUT2D eigenvalue weighted by Crippen LogP contribution is 2.37. The lowest BCUT2D eigenvalue weighted by Gasteiger charge is -2.22. The number of methoxy groups -OCH3 is 1. The smallest absolute Gasteiger partial charge is 0.196 e. The first-order valence-electron chi connectivity index (χ1n) is 6.21. The number of carbonyl (C=O) groups is 2. The second-order valence-corrected chi connectivity index (χ2v) is 4.76. The van der Waals surface area contributed by atoms with Gasteiger partial charge in [-0.3, -0.25) is 9.59 Å². The number of fused-ring (bicyclic) bond motifs is 2. The number of benzene rings is 2. The molecule has 2 N–H and O–H groups in total. The van der Waals surface area contributed by atoms with Crippen LogP contribution < -0.4 is 10.5 Å². The van der Waals surface area contributed by atoms with Crippen molar-refractivity contribution in [1.82, 2.24) is 0 Å². The average molecular weight is 267 g/mol. The first-order chi connectivity index (χ1) is 9.56. The fourth-order valence-electron chi connectivity index (χ4n) is 2.65. The van der Waals surface area contributed by atoms with Crippen molar-refractivity contribution in [3.05, 3.63) is 58.1 Å². The largest absolute Gasteiger partial charge is 0.495 e. The predicted molar refractivity (Wildman–Crippen MR) is 75.5 cm³/mol. The summed E-state index contributed by atoms with van der Waals surface area (Å²) in [5.41, 5.74) is 8.37. The third-order valence-electron chi connectivity index (χ3n) is 3.62. The molecule has 0 saturated heterocycles. The predicted octanol–water partition coefficient (Wildman–Crippen LogP) is 2.36. The lowest BCUT2D eigenvalue weighted by molar-refractivity contribution is 0.0979. The third kappa shape index (κ3) is 1.48. The van der Waals surface area contributed by atoms with Crippen LogP contribution in [0, 0.1) is 6.92 Å². The highest BCUT2D eigenvalue weighted by atomic mass is 16.5. The van der Waals surface area contributed by atoms with E-state index in [2.05, 4.69) is 0 Å². The Hall–Kier alpha value is -2.62.